The van der Waals surface area contributed by atoms with Crippen LogP contribution in [0.3, 0.4) is 0 Å². The zero-order valence-corrected chi connectivity index (χ0v) is 10.1. The van der Waals surface area contributed by atoms with Crippen molar-refractivity contribution in [2.75, 3.05) is 12.3 Å². The quantitative estimate of drug-likeness (QED) is 0.714. The molecule has 1 saturated carbocycles. The summed E-state index contributed by atoms with van der Waals surface area (Å²) in [6, 6.07) is 4.82. The average molecular weight is 255 g/mol. The Morgan fingerprint density at radius 1 is 1.53 bits per heavy atom. The Morgan fingerprint density at radius 2 is 2.24 bits per heavy atom. The molecular weight excluding hydrogens is 240 g/mol. The van der Waals surface area contributed by atoms with Crippen molar-refractivity contribution in [1.82, 2.24) is 5.32 Å². The second-order valence-corrected chi connectivity index (χ2v) is 4.85. The van der Waals surface area contributed by atoms with Gasteiger partial charge in [-0.15, -0.1) is 0 Å². The number of nitrogen functional groups attached to an aromatic ring is 1. The number of carbonyl (C=O) groups excluding carboxylic acids is 1. The van der Waals surface area contributed by atoms with Gasteiger partial charge in [0, 0.05) is 12.2 Å². The molecule has 0 saturated heterocycles. The number of rotatable bonds is 3. The standard InChI is InChI=1S/C12H15ClN2O2/c13-11-5-8(14)1-2-10(11)12(17)15-6-7-3-9(16)4-7/h1-2,5,7,9,16H,3-4,6,14H2,(H,15,17). The van der Waals surface area contributed by atoms with Crippen LogP contribution in [-0.2, 0) is 0 Å². The number of aliphatic hydroxyl groups is 1. The Balaban J connectivity index is 1.91. The number of anilines is 1. The maximum atomic E-state index is 11.8. The second-order valence-electron chi connectivity index (χ2n) is 4.44. The minimum Gasteiger partial charge on any atom is -0.399 e. The molecule has 1 aliphatic rings. The molecule has 1 aromatic rings. The van der Waals surface area contributed by atoms with Crippen LogP contribution in [0, 0.1) is 5.92 Å². The number of nitrogens with two attached hydrogens (primary N) is 1. The molecule has 1 aromatic carbocycles. The molecule has 0 unspecified atom stereocenters. The van der Waals surface area contributed by atoms with Crippen LogP contribution in [0.25, 0.3) is 0 Å². The Labute approximate surface area is 105 Å². The van der Waals surface area contributed by atoms with Crippen LogP contribution in [0.4, 0.5) is 5.69 Å². The van der Waals surface area contributed by atoms with Gasteiger partial charge >= 0.3 is 0 Å². The molecule has 2 rings (SSSR count). The summed E-state index contributed by atoms with van der Waals surface area (Å²) in [6.45, 7) is 0.580. The summed E-state index contributed by atoms with van der Waals surface area (Å²) in [4.78, 5) is 11.8. The van der Waals surface area contributed by atoms with Gasteiger partial charge in [-0.3, -0.25) is 4.79 Å². The van der Waals surface area contributed by atoms with Crippen molar-refractivity contribution in [3.63, 3.8) is 0 Å². The number of amides is 1. The second kappa shape index (κ2) is 4.94. The Bertz CT molecular complexity index is 431. The summed E-state index contributed by atoms with van der Waals surface area (Å²) in [7, 11) is 0. The van der Waals surface area contributed by atoms with Gasteiger partial charge in [0.25, 0.3) is 5.91 Å². The predicted octanol–water partition coefficient (Wildman–Crippen LogP) is 1.42. The number of hydrogen-bond donors (Lipinski definition) is 3. The van der Waals surface area contributed by atoms with E-state index in [2.05, 4.69) is 5.32 Å². The summed E-state index contributed by atoms with van der Waals surface area (Å²) in [5.41, 5.74) is 6.52. The molecule has 0 heterocycles. The smallest absolute Gasteiger partial charge is 0.252 e. The molecule has 0 bridgehead atoms. The van der Waals surface area contributed by atoms with Gasteiger partial charge in [0.2, 0.25) is 0 Å². The molecule has 4 nitrogen and oxygen atoms in total. The summed E-state index contributed by atoms with van der Waals surface area (Å²) in [5.74, 6) is 0.179. The molecule has 0 aromatic heterocycles. The predicted molar refractivity (Wildman–Crippen MR) is 66.9 cm³/mol. The van der Waals surface area contributed by atoms with Gasteiger partial charge in [-0.05, 0) is 37.0 Å². The minimum atomic E-state index is -0.198. The van der Waals surface area contributed by atoms with E-state index in [1.54, 1.807) is 18.2 Å². The monoisotopic (exact) mass is 254 g/mol. The number of aliphatic hydroxyl groups excluding tert-OH is 1. The fourth-order valence-electron chi connectivity index (χ4n) is 1.91. The van der Waals surface area contributed by atoms with E-state index in [0.29, 0.717) is 28.7 Å². The van der Waals surface area contributed by atoms with Gasteiger partial charge in [0.15, 0.2) is 0 Å². The zero-order chi connectivity index (χ0) is 12.4. The van der Waals surface area contributed by atoms with Crippen molar-refractivity contribution >= 4 is 23.2 Å². The molecule has 0 aliphatic heterocycles. The molecule has 0 radical (unpaired) electrons. The van der Waals surface area contributed by atoms with E-state index in [0.717, 1.165) is 12.8 Å². The van der Waals surface area contributed by atoms with Crippen LogP contribution in [0.1, 0.15) is 23.2 Å². The number of carbonyl (C=O) groups is 1. The van der Waals surface area contributed by atoms with Gasteiger partial charge < -0.3 is 16.2 Å². The van der Waals surface area contributed by atoms with Crippen molar-refractivity contribution in [1.29, 1.82) is 0 Å². The molecule has 4 N–H and O–H groups in total. The third-order valence-electron chi connectivity index (χ3n) is 3.00. The number of hydrogen-bond acceptors (Lipinski definition) is 3. The summed E-state index contributed by atoms with van der Waals surface area (Å²) in [6.07, 6.45) is 1.32. The first-order valence-electron chi connectivity index (χ1n) is 5.57. The minimum absolute atomic E-state index is 0.197. The van der Waals surface area contributed by atoms with E-state index < -0.39 is 0 Å². The SMILES string of the molecule is Nc1ccc(C(=O)NCC2CC(O)C2)c(Cl)c1. The van der Waals surface area contributed by atoms with Crippen molar-refractivity contribution in [2.45, 2.75) is 18.9 Å². The first kappa shape index (κ1) is 12.2. The normalized spacial score (nSPS) is 22.9. The van der Waals surface area contributed by atoms with E-state index in [1.807, 2.05) is 0 Å². The van der Waals surface area contributed by atoms with Gasteiger partial charge in [0.05, 0.1) is 16.7 Å². The molecule has 1 aliphatic carbocycles. The van der Waals surface area contributed by atoms with Gasteiger partial charge in [-0.1, -0.05) is 11.6 Å². The molecule has 0 atom stereocenters. The lowest BCUT2D eigenvalue weighted by Gasteiger charge is -2.31. The maximum Gasteiger partial charge on any atom is 0.252 e. The fraction of sp³-hybridized carbons (Fsp3) is 0.417. The van der Waals surface area contributed by atoms with Crippen molar-refractivity contribution in [2.24, 2.45) is 5.92 Å². The highest BCUT2D eigenvalue weighted by Crippen LogP contribution is 2.26. The first-order chi connectivity index (χ1) is 8.06. The largest absolute Gasteiger partial charge is 0.399 e. The highest BCUT2D eigenvalue weighted by Gasteiger charge is 2.27. The zero-order valence-electron chi connectivity index (χ0n) is 9.32. The van der Waals surface area contributed by atoms with Crippen LogP contribution in [0.2, 0.25) is 5.02 Å². The molecule has 0 spiro atoms. The van der Waals surface area contributed by atoms with Crippen molar-refractivity contribution in [3.05, 3.63) is 28.8 Å². The molecule has 17 heavy (non-hydrogen) atoms. The summed E-state index contributed by atoms with van der Waals surface area (Å²) in [5, 5.41) is 12.3. The number of benzene rings is 1. The average Bonchev–Trinajstić information content (AvgIpc) is 2.22. The van der Waals surface area contributed by atoms with Gasteiger partial charge in [0.1, 0.15) is 0 Å². The Kier molecular flexibility index (Phi) is 3.54. The van der Waals surface area contributed by atoms with Crippen LogP contribution in [0.5, 0.6) is 0 Å². The third kappa shape index (κ3) is 2.90. The topological polar surface area (TPSA) is 75.4 Å². The highest BCUT2D eigenvalue weighted by atomic mass is 35.5. The number of nitrogens with one attached hydrogen (secondary N) is 1. The van der Waals surface area contributed by atoms with Gasteiger partial charge in [-0.25, -0.2) is 0 Å². The maximum absolute atomic E-state index is 11.8. The van der Waals surface area contributed by atoms with E-state index in [9.17, 15) is 4.79 Å². The van der Waals surface area contributed by atoms with Crippen LogP contribution < -0.4 is 11.1 Å². The van der Waals surface area contributed by atoms with Crippen molar-refractivity contribution < 1.29 is 9.90 Å². The van der Waals surface area contributed by atoms with E-state index in [1.165, 1.54) is 0 Å². The number of halogens is 1. The first-order valence-corrected chi connectivity index (χ1v) is 5.95. The lowest BCUT2D eigenvalue weighted by atomic mass is 9.82. The van der Waals surface area contributed by atoms with Crippen LogP contribution in [0.15, 0.2) is 18.2 Å². The Hall–Kier alpha value is -1.26. The summed E-state index contributed by atoms with van der Waals surface area (Å²) >= 11 is 5.93. The van der Waals surface area contributed by atoms with Crippen LogP contribution in [-0.4, -0.2) is 23.7 Å². The third-order valence-corrected chi connectivity index (χ3v) is 3.31. The lowest BCUT2D eigenvalue weighted by molar-refractivity contribution is 0.0420. The van der Waals surface area contributed by atoms with E-state index >= 15 is 0 Å². The highest BCUT2D eigenvalue weighted by molar-refractivity contribution is 6.34. The van der Waals surface area contributed by atoms with E-state index in [-0.39, 0.29) is 12.0 Å². The molecular formula is C12H15ClN2O2. The van der Waals surface area contributed by atoms with Crippen molar-refractivity contribution in [3.8, 4) is 0 Å². The van der Waals surface area contributed by atoms with E-state index in [4.69, 9.17) is 22.4 Å². The Morgan fingerprint density at radius 3 is 2.82 bits per heavy atom. The lowest BCUT2D eigenvalue weighted by Crippen LogP contribution is -2.38. The molecule has 1 amide bonds. The fourth-order valence-corrected chi connectivity index (χ4v) is 2.19. The molecule has 92 valence electrons. The van der Waals surface area contributed by atoms with Gasteiger partial charge in [-0.2, -0.15) is 0 Å². The van der Waals surface area contributed by atoms with Crippen LogP contribution >= 0.6 is 11.6 Å². The molecule has 1 fully saturated rings. The summed E-state index contributed by atoms with van der Waals surface area (Å²) < 4.78 is 0. The molecule has 5 heteroatoms.